The van der Waals surface area contributed by atoms with Gasteiger partial charge in [-0.15, -0.1) is 0 Å². The van der Waals surface area contributed by atoms with Crippen LogP contribution in [0, 0.1) is 5.82 Å². The maximum Gasteiger partial charge on any atom is 0.164 e. The lowest BCUT2D eigenvalue weighted by atomic mass is 10.4. The molecule has 17 heavy (non-hydrogen) atoms. The summed E-state index contributed by atoms with van der Waals surface area (Å²) in [5, 5.41) is 4.41. The molecule has 0 radical (unpaired) electrons. The first kappa shape index (κ1) is 12.1. The van der Waals surface area contributed by atoms with Crippen molar-refractivity contribution in [2.75, 3.05) is 0 Å². The third-order valence-corrected chi connectivity index (χ3v) is 2.66. The second kappa shape index (κ2) is 4.89. The molecule has 2 heterocycles. The van der Waals surface area contributed by atoms with Gasteiger partial charge < -0.3 is 4.74 Å². The van der Waals surface area contributed by atoms with Crippen molar-refractivity contribution < 1.29 is 9.13 Å². The molecule has 0 saturated heterocycles. The SMILES string of the molecule is Cn1nc(COc2cnc(Cl)c(F)c2)cc1Cl. The molecular weight excluding hydrogens is 268 g/mol. The van der Waals surface area contributed by atoms with Gasteiger partial charge in [0.1, 0.15) is 23.2 Å². The lowest BCUT2D eigenvalue weighted by Crippen LogP contribution is -1.99. The Morgan fingerprint density at radius 3 is 2.76 bits per heavy atom. The van der Waals surface area contributed by atoms with Crippen molar-refractivity contribution in [1.29, 1.82) is 0 Å². The Bertz CT molecular complexity index is 525. The lowest BCUT2D eigenvalue weighted by Gasteiger charge is -2.03. The quantitative estimate of drug-likeness (QED) is 0.809. The molecule has 0 unspecified atom stereocenters. The minimum Gasteiger partial charge on any atom is -0.485 e. The number of aryl methyl sites for hydroxylation is 1. The van der Waals surface area contributed by atoms with E-state index in [9.17, 15) is 4.39 Å². The van der Waals surface area contributed by atoms with Crippen LogP contribution in [-0.2, 0) is 13.7 Å². The number of rotatable bonds is 3. The van der Waals surface area contributed by atoms with Crippen molar-refractivity contribution in [2.45, 2.75) is 6.61 Å². The Morgan fingerprint density at radius 2 is 2.18 bits per heavy atom. The van der Waals surface area contributed by atoms with E-state index in [0.29, 0.717) is 10.8 Å². The number of ether oxygens (including phenoxy) is 1. The summed E-state index contributed by atoms with van der Waals surface area (Å²) < 4.78 is 19.9. The van der Waals surface area contributed by atoms with Gasteiger partial charge in [0, 0.05) is 19.2 Å². The van der Waals surface area contributed by atoms with Crippen molar-refractivity contribution >= 4 is 23.2 Å². The van der Waals surface area contributed by atoms with Gasteiger partial charge in [-0.25, -0.2) is 9.37 Å². The molecule has 90 valence electrons. The Labute approximate surface area is 107 Å². The summed E-state index contributed by atoms with van der Waals surface area (Å²) in [4.78, 5) is 3.63. The van der Waals surface area contributed by atoms with E-state index in [-0.39, 0.29) is 17.5 Å². The standard InChI is InChI=1S/C10H8Cl2FN3O/c1-16-9(11)2-6(15-16)5-17-7-3-8(13)10(12)14-4-7/h2-4H,5H2,1H3. The molecule has 0 aliphatic carbocycles. The summed E-state index contributed by atoms with van der Waals surface area (Å²) in [6, 6.07) is 2.83. The molecular formula is C10H8Cl2FN3O. The average Bonchev–Trinajstić information content (AvgIpc) is 2.60. The lowest BCUT2D eigenvalue weighted by molar-refractivity contribution is 0.297. The maximum absolute atomic E-state index is 13.1. The third kappa shape index (κ3) is 2.87. The van der Waals surface area contributed by atoms with Gasteiger partial charge in [-0.3, -0.25) is 4.68 Å². The van der Waals surface area contributed by atoms with Crippen molar-refractivity contribution in [3.05, 3.63) is 40.1 Å². The first-order valence-corrected chi connectivity index (χ1v) is 5.44. The minimum absolute atomic E-state index is 0.182. The van der Waals surface area contributed by atoms with Crippen LogP contribution >= 0.6 is 23.2 Å². The summed E-state index contributed by atoms with van der Waals surface area (Å²) in [6.45, 7) is 0.184. The Kier molecular flexibility index (Phi) is 3.49. The predicted octanol–water partition coefficient (Wildman–Crippen LogP) is 2.84. The summed E-state index contributed by atoms with van der Waals surface area (Å²) in [6.07, 6.45) is 1.34. The van der Waals surface area contributed by atoms with Gasteiger partial charge in [0.2, 0.25) is 0 Å². The van der Waals surface area contributed by atoms with Crippen LogP contribution in [0.5, 0.6) is 5.75 Å². The summed E-state index contributed by atoms with van der Waals surface area (Å²) in [5.41, 5.74) is 0.646. The van der Waals surface area contributed by atoms with E-state index in [1.165, 1.54) is 16.9 Å². The van der Waals surface area contributed by atoms with E-state index in [0.717, 1.165) is 0 Å². The molecule has 0 amide bonds. The third-order valence-electron chi connectivity index (χ3n) is 2.03. The van der Waals surface area contributed by atoms with Crippen molar-refractivity contribution in [3.63, 3.8) is 0 Å². The number of halogens is 3. The molecule has 2 rings (SSSR count). The van der Waals surface area contributed by atoms with Gasteiger partial charge in [0.25, 0.3) is 0 Å². The van der Waals surface area contributed by atoms with E-state index < -0.39 is 5.82 Å². The summed E-state index contributed by atoms with van der Waals surface area (Å²) in [7, 11) is 1.72. The highest BCUT2D eigenvalue weighted by molar-refractivity contribution is 6.29. The van der Waals surface area contributed by atoms with E-state index >= 15 is 0 Å². The van der Waals surface area contributed by atoms with Crippen molar-refractivity contribution in [3.8, 4) is 5.75 Å². The number of hydrogen-bond donors (Lipinski definition) is 0. The second-order valence-electron chi connectivity index (χ2n) is 3.31. The van der Waals surface area contributed by atoms with Crippen LogP contribution in [0.2, 0.25) is 10.3 Å². The second-order valence-corrected chi connectivity index (χ2v) is 4.06. The molecule has 0 atom stereocenters. The highest BCUT2D eigenvalue weighted by Gasteiger charge is 2.06. The molecule has 2 aromatic heterocycles. The number of pyridine rings is 1. The highest BCUT2D eigenvalue weighted by atomic mass is 35.5. The van der Waals surface area contributed by atoms with Crippen LogP contribution < -0.4 is 4.74 Å². The van der Waals surface area contributed by atoms with Gasteiger partial charge in [0.15, 0.2) is 11.0 Å². The maximum atomic E-state index is 13.1. The largest absolute Gasteiger partial charge is 0.485 e. The normalized spacial score (nSPS) is 10.6. The topological polar surface area (TPSA) is 39.9 Å². The average molecular weight is 276 g/mol. The molecule has 0 fully saturated rings. The van der Waals surface area contributed by atoms with Crippen LogP contribution in [0.1, 0.15) is 5.69 Å². The number of aromatic nitrogens is 3. The van der Waals surface area contributed by atoms with E-state index in [4.69, 9.17) is 27.9 Å². The van der Waals surface area contributed by atoms with Gasteiger partial charge in [-0.1, -0.05) is 23.2 Å². The molecule has 7 heteroatoms. The van der Waals surface area contributed by atoms with E-state index in [1.807, 2.05) is 0 Å². The van der Waals surface area contributed by atoms with Crippen LogP contribution in [0.4, 0.5) is 4.39 Å². The van der Waals surface area contributed by atoms with Gasteiger partial charge in [0.05, 0.1) is 6.20 Å². The zero-order chi connectivity index (χ0) is 12.4. The van der Waals surface area contributed by atoms with Gasteiger partial charge in [-0.2, -0.15) is 5.10 Å². The number of nitrogens with zero attached hydrogens (tertiary/aromatic N) is 3. The molecule has 4 nitrogen and oxygen atoms in total. The Balaban J connectivity index is 2.04. The van der Waals surface area contributed by atoms with Gasteiger partial charge in [-0.05, 0) is 0 Å². The molecule has 0 aromatic carbocycles. The Hall–Kier alpha value is -1.33. The first-order chi connectivity index (χ1) is 8.06. The van der Waals surface area contributed by atoms with Crippen LogP contribution in [0.25, 0.3) is 0 Å². The summed E-state index contributed by atoms with van der Waals surface area (Å²) >= 11 is 11.3. The monoisotopic (exact) mass is 275 g/mol. The zero-order valence-corrected chi connectivity index (χ0v) is 10.3. The van der Waals surface area contributed by atoms with Crippen LogP contribution in [0.15, 0.2) is 18.3 Å². The Morgan fingerprint density at radius 1 is 1.41 bits per heavy atom. The fraction of sp³-hybridized carbons (Fsp3) is 0.200. The molecule has 0 aliphatic heterocycles. The molecule has 0 saturated carbocycles. The molecule has 2 aromatic rings. The smallest absolute Gasteiger partial charge is 0.164 e. The van der Waals surface area contributed by atoms with Crippen molar-refractivity contribution in [1.82, 2.24) is 14.8 Å². The minimum atomic E-state index is -0.622. The predicted molar refractivity (Wildman–Crippen MR) is 61.8 cm³/mol. The highest BCUT2D eigenvalue weighted by Crippen LogP contribution is 2.18. The molecule has 0 aliphatic rings. The van der Waals surface area contributed by atoms with E-state index in [1.54, 1.807) is 13.1 Å². The number of hydrogen-bond acceptors (Lipinski definition) is 3. The fourth-order valence-corrected chi connectivity index (χ4v) is 1.48. The molecule has 0 bridgehead atoms. The molecule has 0 spiro atoms. The van der Waals surface area contributed by atoms with Crippen LogP contribution in [-0.4, -0.2) is 14.8 Å². The van der Waals surface area contributed by atoms with Crippen molar-refractivity contribution in [2.24, 2.45) is 7.05 Å². The van der Waals surface area contributed by atoms with Crippen LogP contribution in [0.3, 0.4) is 0 Å². The first-order valence-electron chi connectivity index (χ1n) is 4.68. The zero-order valence-electron chi connectivity index (χ0n) is 8.82. The van der Waals surface area contributed by atoms with Gasteiger partial charge >= 0.3 is 0 Å². The summed E-state index contributed by atoms with van der Waals surface area (Å²) in [5.74, 6) is -0.336. The fourth-order valence-electron chi connectivity index (χ4n) is 1.21. The van der Waals surface area contributed by atoms with E-state index in [2.05, 4.69) is 10.1 Å². The molecule has 0 N–H and O–H groups in total.